The van der Waals surface area contributed by atoms with E-state index >= 15 is 0 Å². The lowest BCUT2D eigenvalue weighted by Gasteiger charge is -2.12. The number of anilines is 1. The average Bonchev–Trinajstić information content (AvgIpc) is 2.80. The molecular weight excluding hydrogens is 256 g/mol. The summed E-state index contributed by atoms with van der Waals surface area (Å²) in [5, 5.41) is 9.05. The van der Waals surface area contributed by atoms with E-state index in [9.17, 15) is 9.59 Å². The second-order valence-electron chi connectivity index (χ2n) is 5.17. The maximum atomic E-state index is 12.0. The molecular formula is C15H18N2O3. The highest BCUT2D eigenvalue weighted by Crippen LogP contribution is 2.23. The third-order valence-electron chi connectivity index (χ3n) is 3.60. The molecule has 1 aromatic carbocycles. The van der Waals surface area contributed by atoms with Crippen LogP contribution in [-0.4, -0.2) is 35.0 Å². The van der Waals surface area contributed by atoms with Crippen LogP contribution in [0.4, 0.5) is 5.69 Å². The molecule has 0 spiro atoms. The van der Waals surface area contributed by atoms with E-state index in [1.54, 1.807) is 23.1 Å². The summed E-state index contributed by atoms with van der Waals surface area (Å²) in [5.41, 5.74) is 7.14. The van der Waals surface area contributed by atoms with Crippen molar-refractivity contribution >= 4 is 23.6 Å². The van der Waals surface area contributed by atoms with Crippen LogP contribution in [0.5, 0.6) is 0 Å². The van der Waals surface area contributed by atoms with Crippen molar-refractivity contribution in [1.82, 2.24) is 4.90 Å². The first-order valence-corrected chi connectivity index (χ1v) is 6.52. The minimum Gasteiger partial charge on any atom is -0.481 e. The number of aliphatic carboxylic acids is 1. The molecule has 3 N–H and O–H groups in total. The molecule has 0 unspecified atom stereocenters. The highest BCUT2D eigenvalue weighted by molar-refractivity contribution is 5.92. The van der Waals surface area contributed by atoms with Crippen molar-refractivity contribution in [3.8, 4) is 0 Å². The fourth-order valence-electron chi connectivity index (χ4n) is 2.35. The molecule has 5 heteroatoms. The van der Waals surface area contributed by atoms with Gasteiger partial charge in [-0.3, -0.25) is 9.59 Å². The number of likely N-dealkylation sites (tertiary alicyclic amines) is 1. The molecule has 1 amide bonds. The van der Waals surface area contributed by atoms with Crippen LogP contribution in [0.3, 0.4) is 0 Å². The summed E-state index contributed by atoms with van der Waals surface area (Å²) >= 11 is 0. The Morgan fingerprint density at radius 1 is 1.30 bits per heavy atom. The number of carboxylic acids is 1. The minimum atomic E-state index is -0.838. The van der Waals surface area contributed by atoms with E-state index < -0.39 is 11.9 Å². The second kappa shape index (κ2) is 5.77. The number of amides is 1. The van der Waals surface area contributed by atoms with Crippen molar-refractivity contribution in [2.75, 3.05) is 18.8 Å². The van der Waals surface area contributed by atoms with Gasteiger partial charge in [-0.1, -0.05) is 19.1 Å². The normalized spacial score (nSPS) is 22.4. The number of hydrogen-bond donors (Lipinski definition) is 2. The van der Waals surface area contributed by atoms with Gasteiger partial charge in [-0.15, -0.1) is 0 Å². The molecule has 0 radical (unpaired) electrons. The van der Waals surface area contributed by atoms with Gasteiger partial charge in [0.1, 0.15) is 0 Å². The average molecular weight is 274 g/mol. The maximum absolute atomic E-state index is 12.0. The summed E-state index contributed by atoms with van der Waals surface area (Å²) in [5.74, 6) is -1.47. The third kappa shape index (κ3) is 3.17. The van der Waals surface area contributed by atoms with Crippen LogP contribution in [0.15, 0.2) is 30.3 Å². The Labute approximate surface area is 117 Å². The van der Waals surface area contributed by atoms with Crippen molar-refractivity contribution in [2.45, 2.75) is 6.92 Å². The Morgan fingerprint density at radius 2 is 1.95 bits per heavy atom. The van der Waals surface area contributed by atoms with Crippen LogP contribution in [0.25, 0.3) is 6.08 Å². The predicted molar refractivity (Wildman–Crippen MR) is 76.8 cm³/mol. The summed E-state index contributed by atoms with van der Waals surface area (Å²) in [7, 11) is 0. The van der Waals surface area contributed by atoms with Crippen LogP contribution >= 0.6 is 0 Å². The molecule has 1 heterocycles. The van der Waals surface area contributed by atoms with Gasteiger partial charge in [0.05, 0.1) is 5.92 Å². The number of carbonyl (C=O) groups is 2. The van der Waals surface area contributed by atoms with Gasteiger partial charge in [0.15, 0.2) is 0 Å². The van der Waals surface area contributed by atoms with Crippen molar-refractivity contribution in [3.05, 3.63) is 35.9 Å². The Balaban J connectivity index is 1.99. The predicted octanol–water partition coefficient (Wildman–Crippen LogP) is 1.46. The van der Waals surface area contributed by atoms with Gasteiger partial charge in [0.25, 0.3) is 0 Å². The van der Waals surface area contributed by atoms with E-state index in [-0.39, 0.29) is 18.4 Å². The molecule has 1 aliphatic rings. The number of benzene rings is 1. The molecule has 2 rings (SSSR count). The van der Waals surface area contributed by atoms with Crippen molar-refractivity contribution in [2.24, 2.45) is 11.8 Å². The van der Waals surface area contributed by atoms with E-state index in [1.807, 2.05) is 19.1 Å². The Kier molecular flexibility index (Phi) is 4.08. The molecule has 20 heavy (non-hydrogen) atoms. The molecule has 0 bridgehead atoms. The maximum Gasteiger partial charge on any atom is 0.308 e. The van der Waals surface area contributed by atoms with Crippen LogP contribution in [0.1, 0.15) is 12.5 Å². The van der Waals surface area contributed by atoms with Crippen LogP contribution in [-0.2, 0) is 9.59 Å². The molecule has 5 nitrogen and oxygen atoms in total. The summed E-state index contributed by atoms with van der Waals surface area (Å²) in [6, 6.07) is 7.18. The molecule has 0 saturated carbocycles. The monoisotopic (exact) mass is 274 g/mol. The smallest absolute Gasteiger partial charge is 0.308 e. The summed E-state index contributed by atoms with van der Waals surface area (Å²) < 4.78 is 0. The highest BCUT2D eigenvalue weighted by atomic mass is 16.4. The first kappa shape index (κ1) is 14.1. The zero-order chi connectivity index (χ0) is 14.7. The SMILES string of the molecule is C[C@@H]1CN(C(=O)/C=C/c2ccc(N)cc2)C[C@H]1C(=O)O. The van der Waals surface area contributed by atoms with E-state index in [4.69, 9.17) is 10.8 Å². The highest BCUT2D eigenvalue weighted by Gasteiger charge is 2.36. The fourth-order valence-corrected chi connectivity index (χ4v) is 2.35. The molecule has 1 saturated heterocycles. The molecule has 1 fully saturated rings. The van der Waals surface area contributed by atoms with Gasteiger partial charge in [0.2, 0.25) is 5.91 Å². The van der Waals surface area contributed by atoms with Crippen molar-refractivity contribution in [1.29, 1.82) is 0 Å². The molecule has 106 valence electrons. The van der Waals surface area contributed by atoms with Crippen LogP contribution in [0.2, 0.25) is 0 Å². The van der Waals surface area contributed by atoms with E-state index in [2.05, 4.69) is 0 Å². The summed E-state index contributed by atoms with van der Waals surface area (Å²) in [6.45, 7) is 2.62. The van der Waals surface area contributed by atoms with Gasteiger partial charge in [-0.25, -0.2) is 0 Å². The minimum absolute atomic E-state index is 0.0126. The third-order valence-corrected chi connectivity index (χ3v) is 3.60. The first-order valence-electron chi connectivity index (χ1n) is 6.52. The topological polar surface area (TPSA) is 83.6 Å². The standard InChI is InChI=1S/C15H18N2O3/c1-10-8-17(9-13(10)15(19)20)14(18)7-4-11-2-5-12(16)6-3-11/h2-7,10,13H,8-9,16H2,1H3,(H,19,20)/b7-4+/t10-,13-/m1/s1. The molecule has 1 aromatic rings. The number of carboxylic acid groups (broad SMARTS) is 1. The number of hydrogen-bond acceptors (Lipinski definition) is 3. The summed E-state index contributed by atoms with van der Waals surface area (Å²) in [4.78, 5) is 24.6. The Morgan fingerprint density at radius 3 is 2.50 bits per heavy atom. The number of nitrogens with zero attached hydrogens (tertiary/aromatic N) is 1. The van der Waals surface area contributed by atoms with Gasteiger partial charge >= 0.3 is 5.97 Å². The molecule has 0 aliphatic carbocycles. The van der Waals surface area contributed by atoms with E-state index in [1.165, 1.54) is 6.08 Å². The van der Waals surface area contributed by atoms with Gasteiger partial charge in [-0.2, -0.15) is 0 Å². The lowest BCUT2D eigenvalue weighted by Crippen LogP contribution is -2.28. The van der Waals surface area contributed by atoms with Crippen molar-refractivity contribution in [3.63, 3.8) is 0 Å². The largest absolute Gasteiger partial charge is 0.481 e. The molecule has 0 aromatic heterocycles. The lowest BCUT2D eigenvalue weighted by molar-refractivity contribution is -0.142. The van der Waals surface area contributed by atoms with Crippen molar-refractivity contribution < 1.29 is 14.7 Å². The summed E-state index contributed by atoms with van der Waals surface area (Å²) in [6.07, 6.45) is 3.18. The van der Waals surface area contributed by atoms with Crippen LogP contribution in [0, 0.1) is 11.8 Å². The molecule has 2 atom stereocenters. The number of rotatable bonds is 3. The lowest BCUT2D eigenvalue weighted by atomic mass is 9.99. The van der Waals surface area contributed by atoms with Gasteiger partial charge in [-0.05, 0) is 29.7 Å². The van der Waals surface area contributed by atoms with Gasteiger partial charge < -0.3 is 15.7 Å². The molecule has 1 aliphatic heterocycles. The van der Waals surface area contributed by atoms with Crippen LogP contribution < -0.4 is 5.73 Å². The van der Waals surface area contributed by atoms with E-state index in [0.717, 1.165) is 5.56 Å². The quantitative estimate of drug-likeness (QED) is 0.645. The first-order chi connectivity index (χ1) is 9.47. The Hall–Kier alpha value is -2.30. The zero-order valence-corrected chi connectivity index (χ0v) is 11.3. The second-order valence-corrected chi connectivity index (χ2v) is 5.17. The van der Waals surface area contributed by atoms with E-state index in [0.29, 0.717) is 12.2 Å². The van der Waals surface area contributed by atoms with Gasteiger partial charge in [0, 0.05) is 24.9 Å². The number of nitrogens with two attached hydrogens (primary N) is 1. The Bertz CT molecular complexity index is 537. The number of carbonyl (C=O) groups excluding carboxylic acids is 1. The fraction of sp³-hybridized carbons (Fsp3) is 0.333. The zero-order valence-electron chi connectivity index (χ0n) is 11.3. The number of nitrogen functional groups attached to an aromatic ring is 1.